The van der Waals surface area contributed by atoms with Crippen LogP contribution in [-0.4, -0.2) is 11.1 Å². The van der Waals surface area contributed by atoms with Crippen molar-refractivity contribution in [2.24, 2.45) is 0 Å². The van der Waals surface area contributed by atoms with E-state index < -0.39 is 5.97 Å². The molecule has 108 valence electrons. The van der Waals surface area contributed by atoms with Gasteiger partial charge in [-0.1, -0.05) is 77.2 Å². The molecular weight excluding hydrogens is 290 g/mol. The number of rotatable bonds is 13. The van der Waals surface area contributed by atoms with Gasteiger partial charge in [0, 0.05) is 25.6 Å². The summed E-state index contributed by atoms with van der Waals surface area (Å²) in [7, 11) is 0. The Morgan fingerprint density at radius 2 is 1.26 bits per heavy atom. The van der Waals surface area contributed by atoms with Crippen molar-refractivity contribution in [1.29, 1.82) is 0 Å². The van der Waals surface area contributed by atoms with Crippen molar-refractivity contribution in [2.75, 3.05) is 0 Å². The van der Waals surface area contributed by atoms with E-state index in [1.807, 2.05) is 0 Å². The zero-order valence-electron chi connectivity index (χ0n) is 12.7. The summed E-state index contributed by atoms with van der Waals surface area (Å²) in [5.74, 6) is -0.835. The van der Waals surface area contributed by atoms with Crippen LogP contribution in [0.25, 0.3) is 0 Å². The van der Waals surface area contributed by atoms with E-state index in [9.17, 15) is 4.79 Å². The number of carboxylic acids is 1. The fraction of sp³-hybridized carbons (Fsp3) is 0.812. The minimum atomic E-state index is -0.835. The summed E-state index contributed by atoms with van der Waals surface area (Å²) in [5, 5.41) is 8.40. The maximum absolute atomic E-state index is 10.2. The summed E-state index contributed by atoms with van der Waals surface area (Å²) in [6.07, 6.45) is 18.6. The molecule has 0 bridgehead atoms. The monoisotopic (exact) mass is 318 g/mol. The number of unbranched alkanes of at least 4 members (excludes halogenated alkanes) is 11. The number of hydrogen-bond acceptors (Lipinski definition) is 1. The van der Waals surface area contributed by atoms with Crippen LogP contribution >= 0.6 is 0 Å². The van der Waals surface area contributed by atoms with Gasteiger partial charge in [-0.25, -0.2) is 4.79 Å². The summed E-state index contributed by atoms with van der Waals surface area (Å²) >= 11 is 0. The Labute approximate surface area is 131 Å². The van der Waals surface area contributed by atoms with Gasteiger partial charge in [-0.3, -0.25) is 0 Å². The molecule has 1 N–H and O–H groups in total. The Morgan fingerprint density at radius 1 is 0.842 bits per heavy atom. The zero-order valence-corrected chi connectivity index (χ0v) is 15.7. The van der Waals surface area contributed by atoms with Crippen LogP contribution in [0.1, 0.15) is 84.0 Å². The maximum Gasteiger partial charge on any atom is 0.327 e. The van der Waals surface area contributed by atoms with Gasteiger partial charge in [0.15, 0.2) is 0 Å². The quantitative estimate of drug-likeness (QED) is 0.283. The van der Waals surface area contributed by atoms with Crippen LogP contribution in [0.4, 0.5) is 0 Å². The molecule has 0 aliphatic heterocycles. The Bertz CT molecular complexity index is 215. The molecule has 0 atom stereocenters. The summed E-state index contributed by atoms with van der Waals surface area (Å²) in [4.78, 5) is 10.2. The van der Waals surface area contributed by atoms with Crippen LogP contribution in [0.2, 0.25) is 0 Å². The molecule has 3 heteroatoms. The van der Waals surface area contributed by atoms with Gasteiger partial charge in [-0.15, -0.1) is 0 Å². The van der Waals surface area contributed by atoms with Gasteiger partial charge in [-0.05, 0) is 12.8 Å². The van der Waals surface area contributed by atoms with E-state index in [4.69, 9.17) is 5.11 Å². The maximum atomic E-state index is 10.2. The van der Waals surface area contributed by atoms with Crippen molar-refractivity contribution in [2.45, 2.75) is 84.0 Å². The first-order chi connectivity index (χ1) is 8.77. The molecule has 0 aliphatic rings. The average molecular weight is 320 g/mol. The molecule has 0 radical (unpaired) electrons. The van der Waals surface area contributed by atoms with Crippen LogP contribution in [-0.2, 0) is 24.3 Å². The van der Waals surface area contributed by atoms with E-state index in [1.165, 1.54) is 70.3 Å². The zero-order chi connectivity index (χ0) is 13.5. The predicted molar refractivity (Wildman–Crippen MR) is 77.9 cm³/mol. The number of carboxylic acid groups (broad SMARTS) is 1. The van der Waals surface area contributed by atoms with Crippen molar-refractivity contribution in [1.82, 2.24) is 0 Å². The van der Waals surface area contributed by atoms with Crippen LogP contribution in [0.15, 0.2) is 12.2 Å². The normalized spacial score (nSPS) is 10.6. The van der Waals surface area contributed by atoms with Crippen LogP contribution < -0.4 is 0 Å². The SMILES string of the molecule is CCCCCCCCCCCCCC=CC(=O)O.[Zn]. The minimum Gasteiger partial charge on any atom is -0.478 e. The van der Waals surface area contributed by atoms with E-state index >= 15 is 0 Å². The largest absolute Gasteiger partial charge is 0.478 e. The molecule has 0 aromatic carbocycles. The second-order valence-electron chi connectivity index (χ2n) is 5.06. The Kier molecular flexibility index (Phi) is 19.8. The Hall–Kier alpha value is -0.167. The molecule has 0 aromatic heterocycles. The fourth-order valence-corrected chi connectivity index (χ4v) is 2.11. The van der Waals surface area contributed by atoms with Crippen molar-refractivity contribution >= 4 is 5.97 Å². The molecule has 0 saturated heterocycles. The third-order valence-electron chi connectivity index (χ3n) is 3.23. The summed E-state index contributed by atoms with van der Waals surface area (Å²) in [6.45, 7) is 2.26. The molecule has 0 aliphatic carbocycles. The number of hydrogen-bond donors (Lipinski definition) is 1. The molecule has 0 unspecified atom stereocenters. The average Bonchev–Trinajstić information content (AvgIpc) is 2.34. The first kappa shape index (κ1) is 21.1. The van der Waals surface area contributed by atoms with E-state index in [0.717, 1.165) is 12.8 Å². The third-order valence-corrected chi connectivity index (χ3v) is 3.23. The van der Waals surface area contributed by atoms with E-state index in [-0.39, 0.29) is 19.5 Å². The topological polar surface area (TPSA) is 37.3 Å². The molecule has 0 amide bonds. The van der Waals surface area contributed by atoms with Crippen molar-refractivity contribution in [3.05, 3.63) is 12.2 Å². The van der Waals surface area contributed by atoms with Crippen molar-refractivity contribution in [3.8, 4) is 0 Å². The summed E-state index contributed by atoms with van der Waals surface area (Å²) < 4.78 is 0. The van der Waals surface area contributed by atoms with Gasteiger partial charge in [0.1, 0.15) is 0 Å². The van der Waals surface area contributed by atoms with Crippen LogP contribution in [0.5, 0.6) is 0 Å². The minimum absolute atomic E-state index is 0. The first-order valence-corrected chi connectivity index (χ1v) is 7.67. The molecule has 0 aromatic rings. The summed E-state index contributed by atoms with van der Waals surface area (Å²) in [5.41, 5.74) is 0. The standard InChI is InChI=1S/C16H30O2.Zn/c1-2-3-4-5-6-7-8-9-10-11-12-13-14-15-16(17)18;/h14-15H,2-13H2,1H3,(H,17,18);. The molecule has 0 rings (SSSR count). The number of carbonyl (C=O) groups is 1. The molecular formula is C16H30O2Zn. The number of allylic oxidation sites excluding steroid dienone is 1. The second kappa shape index (κ2) is 17.8. The van der Waals surface area contributed by atoms with Crippen molar-refractivity contribution in [3.63, 3.8) is 0 Å². The van der Waals surface area contributed by atoms with Gasteiger partial charge in [0.05, 0.1) is 0 Å². The summed E-state index contributed by atoms with van der Waals surface area (Å²) in [6, 6.07) is 0. The van der Waals surface area contributed by atoms with E-state index in [1.54, 1.807) is 6.08 Å². The molecule has 0 saturated carbocycles. The second-order valence-corrected chi connectivity index (χ2v) is 5.06. The molecule has 19 heavy (non-hydrogen) atoms. The van der Waals surface area contributed by atoms with Gasteiger partial charge >= 0.3 is 5.97 Å². The van der Waals surface area contributed by atoms with Crippen LogP contribution in [0, 0.1) is 0 Å². The molecule has 0 spiro atoms. The van der Waals surface area contributed by atoms with E-state index in [2.05, 4.69) is 6.92 Å². The fourth-order valence-electron chi connectivity index (χ4n) is 2.11. The Morgan fingerprint density at radius 3 is 1.68 bits per heavy atom. The predicted octanol–water partition coefficient (Wildman–Crippen LogP) is 5.33. The van der Waals surface area contributed by atoms with E-state index in [0.29, 0.717) is 0 Å². The van der Waals surface area contributed by atoms with Crippen LogP contribution in [0.3, 0.4) is 0 Å². The first-order valence-electron chi connectivity index (χ1n) is 7.67. The van der Waals surface area contributed by atoms with Gasteiger partial charge in [0.25, 0.3) is 0 Å². The molecule has 0 heterocycles. The smallest absolute Gasteiger partial charge is 0.327 e. The van der Waals surface area contributed by atoms with Gasteiger partial charge in [0.2, 0.25) is 0 Å². The van der Waals surface area contributed by atoms with Gasteiger partial charge in [-0.2, -0.15) is 0 Å². The third kappa shape index (κ3) is 20.3. The van der Waals surface area contributed by atoms with Gasteiger partial charge < -0.3 is 5.11 Å². The number of aliphatic carboxylic acids is 1. The molecule has 2 nitrogen and oxygen atoms in total. The molecule has 0 fully saturated rings. The Balaban J connectivity index is 0. The van der Waals surface area contributed by atoms with Crippen molar-refractivity contribution < 1.29 is 29.4 Å².